The zero-order valence-electron chi connectivity index (χ0n) is 24.8. The van der Waals surface area contributed by atoms with Crippen LogP contribution < -0.4 is 16.4 Å². The maximum Gasteiger partial charge on any atom is 0.282 e. The predicted octanol–water partition coefficient (Wildman–Crippen LogP) is 5.70. The molecule has 9 nitrogen and oxygen atoms in total. The van der Waals surface area contributed by atoms with Crippen LogP contribution in [0.5, 0.6) is 0 Å². The van der Waals surface area contributed by atoms with Gasteiger partial charge in [0.15, 0.2) is 5.82 Å². The third-order valence-electron chi connectivity index (χ3n) is 8.30. The first-order chi connectivity index (χ1) is 20.7. The van der Waals surface area contributed by atoms with Crippen molar-refractivity contribution in [3.8, 4) is 11.4 Å². The van der Waals surface area contributed by atoms with Gasteiger partial charge < -0.3 is 5.32 Å². The van der Waals surface area contributed by atoms with Crippen molar-refractivity contribution in [1.29, 1.82) is 0 Å². The average Bonchev–Trinajstić information content (AvgIpc) is 3.86. The Morgan fingerprint density at radius 1 is 0.600 bits per heavy atom. The number of benzene rings is 2. The van der Waals surface area contributed by atoms with E-state index in [4.69, 9.17) is 5.10 Å². The van der Waals surface area contributed by atoms with Crippen LogP contribution in [-0.4, -0.2) is 34.9 Å². The smallest absolute Gasteiger partial charge is 0.282 e. The van der Waals surface area contributed by atoms with Gasteiger partial charge in [-0.1, -0.05) is 49.2 Å². The summed E-state index contributed by atoms with van der Waals surface area (Å²) < 4.78 is 6.93. The van der Waals surface area contributed by atoms with E-state index in [1.54, 1.807) is 24.2 Å². The molecule has 2 aliphatic rings. The number of aromatic nitrogens is 6. The molecule has 1 N–H and O–H groups in total. The highest BCUT2D eigenvalue weighted by Gasteiger charge is 2.25. The molecule has 236 valence electrons. The molecule has 2 fully saturated rings. The molecular weight excluding hydrogens is 626 g/mol. The van der Waals surface area contributed by atoms with Gasteiger partial charge >= 0.3 is 0 Å². The normalized spacial score (nSPS) is 16.0. The summed E-state index contributed by atoms with van der Waals surface area (Å²) >= 11 is 0. The Morgan fingerprint density at radius 3 is 1.58 bits per heavy atom. The van der Waals surface area contributed by atoms with Gasteiger partial charge in [0.2, 0.25) is 0 Å². The molecule has 0 bridgehead atoms. The summed E-state index contributed by atoms with van der Waals surface area (Å²) in [5, 5.41) is 12.8. The second kappa shape index (κ2) is 15.0. The highest BCUT2D eigenvalue weighted by molar-refractivity contribution is 7.59. The molecule has 6 aromatic rings. The number of nitrogens with one attached hydrogen (secondary N) is 1. The quantitative estimate of drug-likeness (QED) is 0.261. The van der Waals surface area contributed by atoms with E-state index < -0.39 is 0 Å². The van der Waals surface area contributed by atoms with E-state index in [2.05, 4.69) is 10.4 Å². The lowest BCUT2D eigenvalue weighted by molar-refractivity contribution is 0.560. The Labute approximate surface area is 281 Å². The van der Waals surface area contributed by atoms with Gasteiger partial charge in [-0.2, -0.15) is 37.2 Å². The van der Waals surface area contributed by atoms with Gasteiger partial charge in [0.05, 0.1) is 17.4 Å². The third kappa shape index (κ3) is 6.62. The molecular formula is C33H38ClN7O2S2. The molecule has 0 radical (unpaired) electrons. The van der Waals surface area contributed by atoms with Crippen molar-refractivity contribution in [2.75, 3.05) is 6.54 Å². The summed E-state index contributed by atoms with van der Waals surface area (Å²) in [7, 11) is 0. The van der Waals surface area contributed by atoms with Crippen molar-refractivity contribution in [2.45, 2.75) is 50.5 Å². The van der Waals surface area contributed by atoms with Crippen LogP contribution in [0, 0.1) is 0 Å². The van der Waals surface area contributed by atoms with Gasteiger partial charge in [0.1, 0.15) is 16.9 Å². The van der Waals surface area contributed by atoms with Gasteiger partial charge in [-0.25, -0.2) is 9.03 Å². The lowest BCUT2D eigenvalue weighted by Gasteiger charge is -2.17. The molecule has 0 amide bonds. The van der Waals surface area contributed by atoms with Crippen LogP contribution in [0.15, 0.2) is 107 Å². The van der Waals surface area contributed by atoms with E-state index in [-0.39, 0.29) is 56.6 Å². The first kappa shape index (κ1) is 34.1. The molecule has 12 heteroatoms. The third-order valence-corrected chi connectivity index (χ3v) is 8.30. The summed E-state index contributed by atoms with van der Waals surface area (Å²) in [6.45, 7) is 0.971. The summed E-state index contributed by atoms with van der Waals surface area (Å²) in [5.41, 5.74) is 2.98. The molecule has 1 aliphatic carbocycles. The number of halogens is 1. The highest BCUT2D eigenvalue weighted by atomic mass is 35.5. The standard InChI is InChI=1S/C17H17N3O.C16H16N4O.ClH.2H2S/c21-17-15-11-6-12-19(15)18-16(13-7-4-5-8-13)20(17)14-9-2-1-3-10-14;21-16-14-9-5-11-19(14)18-15(13-8-4-10-17-13)20(16)12-6-2-1-3-7-12;;;/h1-3,6,9-13H,4-5,7-8H2;1-3,5-7,9,11,13,17H,4,8,10H2;1H;2*1H2/t;13-;;;/m.0.../s1. The Balaban J connectivity index is 0.000000192. The maximum atomic E-state index is 12.9. The van der Waals surface area contributed by atoms with E-state index >= 15 is 0 Å². The van der Waals surface area contributed by atoms with Crippen LogP contribution in [-0.2, 0) is 0 Å². The SMILES string of the molecule is Cl.O=c1c2cccn2nc(C2CCCC2)n1-c1ccccc1.O=c1c2cccn2nc([C@@H]2CCCN2)n1-c1ccccc1.S.S. The second-order valence-corrected chi connectivity index (χ2v) is 11.0. The molecule has 8 rings (SSSR count). The minimum atomic E-state index is -0.0232. The maximum absolute atomic E-state index is 12.9. The Kier molecular flexibility index (Phi) is 11.4. The molecule has 0 spiro atoms. The number of hydrogen-bond donors (Lipinski definition) is 1. The molecule has 45 heavy (non-hydrogen) atoms. The van der Waals surface area contributed by atoms with E-state index in [0.717, 1.165) is 55.3 Å². The van der Waals surface area contributed by atoms with E-state index in [9.17, 15) is 9.59 Å². The van der Waals surface area contributed by atoms with Gasteiger partial charge in [-0.05, 0) is 80.8 Å². The summed E-state index contributed by atoms with van der Waals surface area (Å²) in [6, 6.07) is 27.0. The molecule has 5 heterocycles. The van der Waals surface area contributed by atoms with Crippen LogP contribution >= 0.6 is 39.4 Å². The first-order valence-electron chi connectivity index (χ1n) is 14.7. The van der Waals surface area contributed by atoms with Crippen LogP contribution in [0.1, 0.15) is 62.1 Å². The molecule has 1 atom stereocenters. The van der Waals surface area contributed by atoms with Crippen molar-refractivity contribution < 1.29 is 0 Å². The number of para-hydroxylation sites is 2. The molecule has 2 aromatic carbocycles. The monoisotopic (exact) mass is 663 g/mol. The summed E-state index contributed by atoms with van der Waals surface area (Å²) in [6.07, 6.45) is 10.5. The van der Waals surface area contributed by atoms with Crippen molar-refractivity contribution in [2.24, 2.45) is 0 Å². The number of nitrogens with zero attached hydrogens (tertiary/aromatic N) is 6. The number of fused-ring (bicyclic) bond motifs is 2. The van der Waals surface area contributed by atoms with Crippen LogP contribution in [0.3, 0.4) is 0 Å². The minimum Gasteiger partial charge on any atom is -0.307 e. The summed E-state index contributed by atoms with van der Waals surface area (Å²) in [4.78, 5) is 25.7. The largest absolute Gasteiger partial charge is 0.307 e. The lowest BCUT2D eigenvalue weighted by Crippen LogP contribution is -2.30. The van der Waals surface area contributed by atoms with Gasteiger partial charge in [-0.3, -0.25) is 18.7 Å². The lowest BCUT2D eigenvalue weighted by atomic mass is 10.1. The van der Waals surface area contributed by atoms with E-state index in [1.807, 2.05) is 91.3 Å². The van der Waals surface area contributed by atoms with Gasteiger partial charge in [0.25, 0.3) is 11.1 Å². The molecule has 1 aliphatic heterocycles. The Hall–Kier alpha value is -3.77. The molecule has 1 saturated carbocycles. The zero-order chi connectivity index (χ0) is 28.5. The predicted molar refractivity (Wildman–Crippen MR) is 191 cm³/mol. The number of rotatable bonds is 4. The topological polar surface area (TPSA) is 90.6 Å². The molecule has 0 unspecified atom stereocenters. The van der Waals surface area contributed by atoms with Crippen molar-refractivity contribution in [1.82, 2.24) is 33.7 Å². The van der Waals surface area contributed by atoms with Crippen LogP contribution in [0.25, 0.3) is 22.4 Å². The average molecular weight is 664 g/mol. The fourth-order valence-corrected chi connectivity index (χ4v) is 6.24. The van der Waals surface area contributed by atoms with E-state index in [1.165, 1.54) is 12.8 Å². The van der Waals surface area contributed by atoms with Crippen LogP contribution in [0.2, 0.25) is 0 Å². The van der Waals surface area contributed by atoms with Crippen molar-refractivity contribution in [3.63, 3.8) is 0 Å². The Morgan fingerprint density at radius 2 is 1.09 bits per heavy atom. The highest BCUT2D eigenvalue weighted by Crippen LogP contribution is 2.33. The second-order valence-electron chi connectivity index (χ2n) is 11.0. The van der Waals surface area contributed by atoms with E-state index in [0.29, 0.717) is 17.0 Å². The van der Waals surface area contributed by atoms with Gasteiger partial charge in [-0.15, -0.1) is 12.4 Å². The van der Waals surface area contributed by atoms with Gasteiger partial charge in [0, 0.05) is 18.3 Å². The number of hydrogen-bond acceptors (Lipinski definition) is 5. The van der Waals surface area contributed by atoms with Crippen molar-refractivity contribution >= 4 is 50.4 Å². The molecule has 4 aromatic heterocycles. The fraction of sp³-hybridized carbons (Fsp3) is 0.273. The Bertz CT molecular complexity index is 1820. The van der Waals surface area contributed by atoms with Crippen LogP contribution in [0.4, 0.5) is 0 Å². The minimum absolute atomic E-state index is 0. The molecule has 1 saturated heterocycles. The summed E-state index contributed by atoms with van der Waals surface area (Å²) in [5.74, 6) is 2.06. The van der Waals surface area contributed by atoms with Crippen molar-refractivity contribution in [3.05, 3.63) is 130 Å². The first-order valence-corrected chi connectivity index (χ1v) is 14.7. The zero-order valence-corrected chi connectivity index (χ0v) is 27.6. The fourth-order valence-electron chi connectivity index (χ4n) is 6.24.